The predicted molar refractivity (Wildman–Crippen MR) is 123 cm³/mol. The number of hydrogen-bond donors (Lipinski definition) is 2. The van der Waals surface area contributed by atoms with Crippen molar-refractivity contribution in [1.29, 1.82) is 0 Å². The van der Waals surface area contributed by atoms with Crippen molar-refractivity contribution in [2.75, 3.05) is 19.0 Å². The molecule has 3 aromatic rings. The molecule has 1 amide bonds. The van der Waals surface area contributed by atoms with Crippen LogP contribution in [-0.4, -0.2) is 19.6 Å². The van der Waals surface area contributed by atoms with Gasteiger partial charge >= 0.3 is 0 Å². The summed E-state index contributed by atoms with van der Waals surface area (Å²) < 4.78 is 5.18. The maximum Gasteiger partial charge on any atom is 0.255 e. The van der Waals surface area contributed by atoms with E-state index < -0.39 is 0 Å². The highest BCUT2D eigenvalue weighted by Crippen LogP contribution is 2.30. The number of carbonyl (C=O) groups excluding carboxylic acids is 1. The Morgan fingerprint density at radius 1 is 0.967 bits per heavy atom. The fourth-order valence-corrected chi connectivity index (χ4v) is 3.49. The summed E-state index contributed by atoms with van der Waals surface area (Å²) in [5.41, 5.74) is 5.60. The van der Waals surface area contributed by atoms with Gasteiger partial charge in [0, 0.05) is 23.4 Å². The van der Waals surface area contributed by atoms with E-state index in [-0.39, 0.29) is 5.91 Å². The number of methoxy groups -OCH3 is 1. The van der Waals surface area contributed by atoms with Crippen molar-refractivity contribution in [1.82, 2.24) is 5.32 Å². The smallest absolute Gasteiger partial charge is 0.255 e. The van der Waals surface area contributed by atoms with E-state index in [1.165, 1.54) is 0 Å². The van der Waals surface area contributed by atoms with Gasteiger partial charge in [0.05, 0.1) is 12.8 Å². The molecular weight excluding hydrogens is 372 g/mol. The number of amides is 1. The zero-order valence-electron chi connectivity index (χ0n) is 16.9. The van der Waals surface area contributed by atoms with E-state index in [1.54, 1.807) is 31.4 Å². The van der Waals surface area contributed by atoms with E-state index >= 15 is 0 Å². The first-order valence-corrected chi connectivity index (χ1v) is 10.0. The Hall–Kier alpha value is -3.79. The molecule has 0 unspecified atom stereocenters. The fourth-order valence-electron chi connectivity index (χ4n) is 3.49. The third kappa shape index (κ3) is 4.44. The molecule has 0 aromatic heterocycles. The molecule has 0 radical (unpaired) electrons. The summed E-state index contributed by atoms with van der Waals surface area (Å²) in [6.45, 7) is 0.901. The van der Waals surface area contributed by atoms with Crippen molar-refractivity contribution >= 4 is 29.4 Å². The van der Waals surface area contributed by atoms with Gasteiger partial charge in [0.2, 0.25) is 0 Å². The summed E-state index contributed by atoms with van der Waals surface area (Å²) in [5.74, 6) is 0.572. The lowest BCUT2D eigenvalue weighted by Gasteiger charge is -2.16. The molecule has 2 N–H and O–H groups in total. The first-order valence-electron chi connectivity index (χ1n) is 10.0. The molecule has 0 aliphatic carbocycles. The summed E-state index contributed by atoms with van der Waals surface area (Å²) in [7, 11) is 1.61. The van der Waals surface area contributed by atoms with Gasteiger partial charge in [-0.05, 0) is 47.9 Å². The van der Waals surface area contributed by atoms with Gasteiger partial charge < -0.3 is 15.4 Å². The molecule has 0 fully saturated rings. The molecule has 4 heteroatoms. The monoisotopic (exact) mass is 396 g/mol. The molecule has 0 saturated heterocycles. The molecule has 1 heterocycles. The molecule has 0 bridgehead atoms. The van der Waals surface area contributed by atoms with Crippen LogP contribution in [-0.2, 0) is 0 Å². The highest BCUT2D eigenvalue weighted by molar-refractivity contribution is 6.06. The van der Waals surface area contributed by atoms with Crippen LogP contribution in [0.15, 0.2) is 78.9 Å². The summed E-state index contributed by atoms with van der Waals surface area (Å²) in [5, 5.41) is 6.52. The first-order chi connectivity index (χ1) is 14.7. The van der Waals surface area contributed by atoms with E-state index in [9.17, 15) is 4.79 Å². The van der Waals surface area contributed by atoms with Crippen LogP contribution in [0, 0.1) is 0 Å². The van der Waals surface area contributed by atoms with Crippen molar-refractivity contribution in [2.24, 2.45) is 0 Å². The molecular formula is C26H24N2O2. The predicted octanol–water partition coefficient (Wildman–Crippen LogP) is 5.45. The highest BCUT2D eigenvalue weighted by Gasteiger charge is 2.17. The van der Waals surface area contributed by atoms with E-state index in [4.69, 9.17) is 4.74 Å². The summed E-state index contributed by atoms with van der Waals surface area (Å²) in [4.78, 5) is 12.9. The Balaban J connectivity index is 1.66. The molecule has 4 nitrogen and oxygen atoms in total. The molecule has 3 aromatic carbocycles. The number of rotatable bonds is 6. The quantitative estimate of drug-likeness (QED) is 0.545. The van der Waals surface area contributed by atoms with Gasteiger partial charge in [0.15, 0.2) is 0 Å². The van der Waals surface area contributed by atoms with E-state index in [2.05, 4.69) is 47.1 Å². The summed E-state index contributed by atoms with van der Waals surface area (Å²) >= 11 is 0. The van der Waals surface area contributed by atoms with Gasteiger partial charge in [-0.25, -0.2) is 0 Å². The average Bonchev–Trinajstić information content (AvgIpc) is 3.33. The number of anilines is 1. The third-order valence-corrected chi connectivity index (χ3v) is 5.03. The molecule has 0 saturated carbocycles. The van der Waals surface area contributed by atoms with Gasteiger partial charge in [-0.2, -0.15) is 0 Å². The number of hydrogen-bond acceptors (Lipinski definition) is 3. The molecule has 0 spiro atoms. The Morgan fingerprint density at radius 2 is 1.77 bits per heavy atom. The second-order valence-electron chi connectivity index (χ2n) is 7.03. The van der Waals surface area contributed by atoms with Gasteiger partial charge in [-0.1, -0.05) is 60.7 Å². The summed E-state index contributed by atoms with van der Waals surface area (Å²) in [6.07, 6.45) is 7.33. The first kappa shape index (κ1) is 19.5. The lowest BCUT2D eigenvalue weighted by Crippen LogP contribution is -2.15. The van der Waals surface area contributed by atoms with Crippen molar-refractivity contribution in [3.8, 4) is 5.75 Å². The Kier molecular flexibility index (Phi) is 5.95. The maximum absolute atomic E-state index is 12.9. The Bertz CT molecular complexity index is 1080. The van der Waals surface area contributed by atoms with Gasteiger partial charge in [0.25, 0.3) is 5.91 Å². The van der Waals surface area contributed by atoms with Crippen molar-refractivity contribution < 1.29 is 9.53 Å². The topological polar surface area (TPSA) is 50.4 Å². The van der Waals surface area contributed by atoms with E-state index in [1.807, 2.05) is 30.3 Å². The normalized spacial score (nSPS) is 13.0. The number of benzene rings is 3. The standard InChI is InChI=1S/C26H24N2O2/c1-30-22-16-14-21(15-17-22)26(29)28-24-10-5-9-20(25(24)23-11-6-18-27-23)13-12-19-7-3-2-4-8-19/h2-5,7-17,27H,6,18H2,1H3,(H,28,29)/b13-12+. The van der Waals surface area contributed by atoms with Gasteiger partial charge in [-0.3, -0.25) is 4.79 Å². The maximum atomic E-state index is 12.9. The SMILES string of the molecule is COc1ccc(C(=O)Nc2cccc(/C=C/c3ccccc3)c2C2=CCCN2)cc1. The molecule has 1 aliphatic rings. The average molecular weight is 396 g/mol. The van der Waals surface area contributed by atoms with E-state index in [0.29, 0.717) is 5.56 Å². The number of ether oxygens (including phenoxy) is 1. The van der Waals surface area contributed by atoms with Crippen molar-refractivity contribution in [3.63, 3.8) is 0 Å². The molecule has 150 valence electrons. The van der Waals surface area contributed by atoms with Crippen LogP contribution in [0.2, 0.25) is 0 Å². The van der Waals surface area contributed by atoms with Crippen LogP contribution in [0.4, 0.5) is 5.69 Å². The van der Waals surface area contributed by atoms with Gasteiger partial charge in [-0.15, -0.1) is 0 Å². The van der Waals surface area contributed by atoms with Crippen molar-refractivity contribution in [2.45, 2.75) is 6.42 Å². The number of nitrogens with one attached hydrogen (secondary N) is 2. The summed E-state index contributed by atoms with van der Waals surface area (Å²) in [6, 6.07) is 23.3. The zero-order valence-corrected chi connectivity index (χ0v) is 16.9. The van der Waals surface area contributed by atoms with Crippen molar-refractivity contribution in [3.05, 3.63) is 101 Å². The second-order valence-corrected chi connectivity index (χ2v) is 7.03. The van der Waals surface area contributed by atoms with Crippen LogP contribution in [0.3, 0.4) is 0 Å². The van der Waals surface area contributed by atoms with Crippen LogP contribution < -0.4 is 15.4 Å². The minimum atomic E-state index is -0.151. The number of carbonyl (C=O) groups is 1. The van der Waals surface area contributed by atoms with E-state index in [0.717, 1.165) is 46.8 Å². The minimum absolute atomic E-state index is 0.151. The van der Waals surface area contributed by atoms with Gasteiger partial charge in [0.1, 0.15) is 5.75 Å². The molecule has 1 aliphatic heterocycles. The van der Waals surface area contributed by atoms with Crippen LogP contribution in [0.5, 0.6) is 5.75 Å². The highest BCUT2D eigenvalue weighted by atomic mass is 16.5. The third-order valence-electron chi connectivity index (χ3n) is 5.03. The minimum Gasteiger partial charge on any atom is -0.497 e. The Labute approximate surface area is 176 Å². The lowest BCUT2D eigenvalue weighted by atomic mass is 10.0. The van der Waals surface area contributed by atoms with Crippen LogP contribution in [0.1, 0.15) is 33.5 Å². The zero-order chi connectivity index (χ0) is 20.8. The molecule has 0 atom stereocenters. The largest absolute Gasteiger partial charge is 0.497 e. The molecule has 4 rings (SSSR count). The Morgan fingerprint density at radius 3 is 2.47 bits per heavy atom. The van der Waals surface area contributed by atoms with Crippen LogP contribution in [0.25, 0.3) is 17.8 Å². The lowest BCUT2D eigenvalue weighted by molar-refractivity contribution is 0.102. The molecule has 30 heavy (non-hydrogen) atoms. The van der Waals surface area contributed by atoms with Crippen LogP contribution >= 0.6 is 0 Å². The second kappa shape index (κ2) is 9.14. The fraction of sp³-hybridized carbons (Fsp3) is 0.115.